The molecule has 0 amide bonds. The lowest BCUT2D eigenvalue weighted by atomic mass is 10.1. The van der Waals surface area contributed by atoms with E-state index in [1.165, 1.54) is 12.1 Å². The lowest BCUT2D eigenvalue weighted by Crippen LogP contribution is -2.06. The summed E-state index contributed by atoms with van der Waals surface area (Å²) < 4.78 is 32.4. The first kappa shape index (κ1) is 15.2. The summed E-state index contributed by atoms with van der Waals surface area (Å²) in [7, 11) is -3.09. The Labute approximate surface area is 122 Å². The summed E-state index contributed by atoms with van der Waals surface area (Å²) in [5, 5.41) is 3.69. The number of carbonyl (C=O) groups is 1. The minimum atomic E-state index is -3.09. The van der Waals surface area contributed by atoms with E-state index in [1.807, 2.05) is 0 Å². The summed E-state index contributed by atoms with van der Waals surface area (Å²) in [4.78, 5) is 11.8. The van der Waals surface area contributed by atoms with Gasteiger partial charge in [0.15, 0.2) is 22.2 Å². The number of hydrogen-bond donors (Lipinski definition) is 0. The molecule has 7 heteroatoms. The number of aromatic nitrogens is 1. The predicted octanol–water partition coefficient (Wildman–Crippen LogP) is 1.88. The molecule has 0 radical (unpaired) electrons. The fraction of sp³-hybridized carbons (Fsp3) is 0.286. The molecule has 2 rings (SSSR count). The molecule has 0 aliphatic rings. The third-order valence-corrected chi connectivity index (χ3v) is 3.50. The van der Waals surface area contributed by atoms with Gasteiger partial charge in [0.25, 0.3) is 0 Å². The fourth-order valence-corrected chi connectivity index (χ4v) is 2.54. The second-order valence-electron chi connectivity index (χ2n) is 4.78. The highest BCUT2D eigenvalue weighted by molar-refractivity contribution is 7.89. The van der Waals surface area contributed by atoms with E-state index in [9.17, 15) is 13.2 Å². The van der Waals surface area contributed by atoms with Crippen molar-refractivity contribution in [1.82, 2.24) is 5.16 Å². The molecule has 112 valence electrons. The number of esters is 1. The molecule has 0 aliphatic carbocycles. The van der Waals surface area contributed by atoms with Crippen molar-refractivity contribution >= 4 is 15.8 Å². The van der Waals surface area contributed by atoms with E-state index in [0.29, 0.717) is 22.6 Å². The Kier molecular flexibility index (Phi) is 4.42. The molecule has 6 nitrogen and oxygen atoms in total. The minimum absolute atomic E-state index is 0.00473. The Morgan fingerprint density at radius 3 is 2.48 bits per heavy atom. The van der Waals surface area contributed by atoms with Crippen molar-refractivity contribution < 1.29 is 22.5 Å². The Morgan fingerprint density at radius 1 is 1.29 bits per heavy atom. The van der Waals surface area contributed by atoms with Gasteiger partial charge in [-0.05, 0) is 24.6 Å². The topological polar surface area (TPSA) is 86.5 Å². The molecule has 0 atom stereocenters. The molecule has 0 aliphatic heterocycles. The van der Waals surface area contributed by atoms with Gasteiger partial charge in [0.2, 0.25) is 0 Å². The highest BCUT2D eigenvalue weighted by Gasteiger charge is 2.10. The van der Waals surface area contributed by atoms with Gasteiger partial charge in [-0.2, -0.15) is 0 Å². The molecule has 0 N–H and O–H groups in total. The number of aryl methyl sites for hydroxylation is 1. The number of nitrogens with zero attached hydrogens (tertiary/aromatic N) is 1. The van der Waals surface area contributed by atoms with Gasteiger partial charge in [0, 0.05) is 12.3 Å². The summed E-state index contributed by atoms with van der Waals surface area (Å²) in [5.41, 5.74) is 1.69. The van der Waals surface area contributed by atoms with Crippen LogP contribution in [0, 0.1) is 6.92 Å². The summed E-state index contributed by atoms with van der Waals surface area (Å²) in [6, 6.07) is 7.94. The fourth-order valence-electron chi connectivity index (χ4n) is 1.74. The van der Waals surface area contributed by atoms with Gasteiger partial charge in [0.1, 0.15) is 0 Å². The Hall–Kier alpha value is -2.15. The van der Waals surface area contributed by atoms with Crippen molar-refractivity contribution in [2.75, 3.05) is 6.26 Å². The van der Waals surface area contributed by atoms with E-state index in [2.05, 4.69) is 5.16 Å². The zero-order valence-electron chi connectivity index (χ0n) is 11.7. The molecule has 0 fully saturated rings. The highest BCUT2D eigenvalue weighted by Crippen LogP contribution is 2.11. The van der Waals surface area contributed by atoms with Gasteiger partial charge in [0.05, 0.1) is 17.0 Å². The molecular weight excluding hydrogens is 294 g/mol. The van der Waals surface area contributed by atoms with Crippen LogP contribution in [-0.2, 0) is 26.9 Å². The van der Waals surface area contributed by atoms with Gasteiger partial charge in [-0.25, -0.2) is 13.2 Å². The first-order valence-electron chi connectivity index (χ1n) is 6.19. The van der Waals surface area contributed by atoms with Crippen molar-refractivity contribution in [3.8, 4) is 0 Å². The maximum atomic E-state index is 11.8. The number of benzene rings is 1. The van der Waals surface area contributed by atoms with Crippen LogP contribution in [0.25, 0.3) is 0 Å². The average molecular weight is 309 g/mol. The number of ether oxygens (including phenoxy) is 1. The molecule has 1 aromatic carbocycles. The van der Waals surface area contributed by atoms with Gasteiger partial charge >= 0.3 is 5.97 Å². The van der Waals surface area contributed by atoms with E-state index in [-0.39, 0.29) is 12.4 Å². The van der Waals surface area contributed by atoms with Crippen molar-refractivity contribution in [2.45, 2.75) is 19.3 Å². The van der Waals surface area contributed by atoms with Crippen LogP contribution in [0.15, 0.2) is 34.9 Å². The average Bonchev–Trinajstić information content (AvgIpc) is 2.81. The standard InChI is InChI=1S/C14H15NO5S/c1-10-7-13(20-15-10)8-19-14(16)12-5-3-11(4-6-12)9-21(2,17)18/h3-7H,8-9H2,1-2H3. The maximum Gasteiger partial charge on any atom is 0.338 e. The van der Waals surface area contributed by atoms with E-state index in [1.54, 1.807) is 25.1 Å². The van der Waals surface area contributed by atoms with E-state index >= 15 is 0 Å². The largest absolute Gasteiger partial charge is 0.454 e. The number of hydrogen-bond acceptors (Lipinski definition) is 6. The highest BCUT2D eigenvalue weighted by atomic mass is 32.2. The molecular formula is C14H15NO5S. The third-order valence-electron chi connectivity index (χ3n) is 2.64. The van der Waals surface area contributed by atoms with Crippen LogP contribution in [-0.4, -0.2) is 25.8 Å². The summed E-state index contributed by atoms with van der Waals surface area (Å²) in [6.07, 6.45) is 1.16. The van der Waals surface area contributed by atoms with Crippen LogP contribution in [0.3, 0.4) is 0 Å². The molecule has 21 heavy (non-hydrogen) atoms. The van der Waals surface area contributed by atoms with Crippen LogP contribution in [0.4, 0.5) is 0 Å². The Bertz CT molecular complexity index is 731. The Balaban J connectivity index is 1.96. The smallest absolute Gasteiger partial charge is 0.338 e. The molecule has 0 saturated heterocycles. The van der Waals surface area contributed by atoms with Gasteiger partial charge in [-0.15, -0.1) is 0 Å². The monoisotopic (exact) mass is 309 g/mol. The zero-order valence-corrected chi connectivity index (χ0v) is 12.5. The molecule has 0 spiro atoms. The van der Waals surface area contributed by atoms with Gasteiger partial charge < -0.3 is 9.26 Å². The lowest BCUT2D eigenvalue weighted by Gasteiger charge is -2.04. The first-order valence-corrected chi connectivity index (χ1v) is 8.25. The van der Waals surface area contributed by atoms with E-state index in [4.69, 9.17) is 9.26 Å². The number of rotatable bonds is 5. The number of carbonyl (C=O) groups excluding carboxylic acids is 1. The normalized spacial score (nSPS) is 11.3. The molecule has 1 heterocycles. The van der Waals surface area contributed by atoms with Gasteiger partial charge in [-0.1, -0.05) is 17.3 Å². The summed E-state index contributed by atoms with van der Waals surface area (Å²) in [5.74, 6) is -0.0934. The zero-order chi connectivity index (χ0) is 15.5. The maximum absolute atomic E-state index is 11.8. The van der Waals surface area contributed by atoms with Gasteiger partial charge in [-0.3, -0.25) is 0 Å². The van der Waals surface area contributed by atoms with Crippen molar-refractivity contribution in [3.63, 3.8) is 0 Å². The molecule has 0 unspecified atom stereocenters. The van der Waals surface area contributed by atoms with Crippen LogP contribution >= 0.6 is 0 Å². The predicted molar refractivity (Wildman–Crippen MR) is 75.3 cm³/mol. The number of sulfone groups is 1. The van der Waals surface area contributed by atoms with Crippen LogP contribution < -0.4 is 0 Å². The molecule has 0 bridgehead atoms. The lowest BCUT2D eigenvalue weighted by molar-refractivity contribution is 0.0437. The SMILES string of the molecule is Cc1cc(COC(=O)c2ccc(CS(C)(=O)=O)cc2)on1. The quantitative estimate of drug-likeness (QED) is 0.784. The summed E-state index contributed by atoms with van der Waals surface area (Å²) in [6.45, 7) is 1.78. The summed E-state index contributed by atoms with van der Waals surface area (Å²) >= 11 is 0. The van der Waals surface area contributed by atoms with Crippen molar-refractivity contribution in [3.05, 3.63) is 52.9 Å². The second-order valence-corrected chi connectivity index (χ2v) is 6.92. The van der Waals surface area contributed by atoms with Crippen molar-refractivity contribution in [1.29, 1.82) is 0 Å². The Morgan fingerprint density at radius 2 is 1.95 bits per heavy atom. The van der Waals surface area contributed by atoms with Crippen LogP contribution in [0.1, 0.15) is 27.4 Å². The van der Waals surface area contributed by atoms with E-state index in [0.717, 1.165) is 6.26 Å². The first-order chi connectivity index (χ1) is 9.83. The molecule has 2 aromatic rings. The second kappa shape index (κ2) is 6.09. The molecule has 1 aromatic heterocycles. The van der Waals surface area contributed by atoms with Crippen LogP contribution in [0.2, 0.25) is 0 Å². The minimum Gasteiger partial charge on any atom is -0.454 e. The van der Waals surface area contributed by atoms with Crippen molar-refractivity contribution in [2.24, 2.45) is 0 Å². The van der Waals surface area contributed by atoms with E-state index < -0.39 is 15.8 Å². The third kappa shape index (κ3) is 4.71. The van der Waals surface area contributed by atoms with Crippen LogP contribution in [0.5, 0.6) is 0 Å². The molecule has 0 saturated carbocycles.